The van der Waals surface area contributed by atoms with Crippen molar-refractivity contribution in [3.63, 3.8) is 0 Å². The molecule has 2 nitrogen and oxygen atoms in total. The molecule has 0 aromatic heterocycles. The van der Waals surface area contributed by atoms with Crippen molar-refractivity contribution in [1.29, 1.82) is 0 Å². The van der Waals surface area contributed by atoms with E-state index in [1.54, 1.807) is 31.2 Å². The zero-order chi connectivity index (χ0) is 14.0. The van der Waals surface area contributed by atoms with E-state index in [2.05, 4.69) is 21.4 Å². The van der Waals surface area contributed by atoms with E-state index in [0.717, 1.165) is 0 Å². The Bertz CT molecular complexity index is 602. The summed E-state index contributed by atoms with van der Waals surface area (Å²) < 4.78 is 27.5. The second-order valence-corrected chi connectivity index (χ2v) is 5.04. The summed E-state index contributed by atoms with van der Waals surface area (Å²) in [6.07, 6.45) is 0. The van der Waals surface area contributed by atoms with E-state index >= 15 is 0 Å². The van der Waals surface area contributed by atoms with Gasteiger partial charge in [0.25, 0.3) is 0 Å². The van der Waals surface area contributed by atoms with Gasteiger partial charge in [-0.2, -0.15) is 0 Å². The molecule has 100 valence electrons. The molecule has 19 heavy (non-hydrogen) atoms. The number of nitrogens with one attached hydrogen (secondary N) is 1. The lowest BCUT2D eigenvalue weighted by Crippen LogP contribution is -2.29. The van der Waals surface area contributed by atoms with Crippen LogP contribution in [0.2, 0.25) is 0 Å². The minimum absolute atomic E-state index is 0.315. The Hall–Kier alpha value is -1.30. The highest BCUT2D eigenvalue weighted by atomic mass is 79.9. The Morgan fingerprint density at radius 2 is 1.89 bits per heavy atom. The first-order valence-corrected chi connectivity index (χ1v) is 6.50. The highest BCUT2D eigenvalue weighted by molar-refractivity contribution is 9.10. The largest absolute Gasteiger partial charge is 0.271 e. The summed E-state index contributed by atoms with van der Waals surface area (Å²) in [7, 11) is 0. The number of benzene rings is 2. The number of rotatable bonds is 3. The maximum Gasteiger partial charge on any atom is 0.137 e. The second kappa shape index (κ2) is 5.77. The van der Waals surface area contributed by atoms with Gasteiger partial charge in [-0.15, -0.1) is 0 Å². The summed E-state index contributed by atoms with van der Waals surface area (Å²) in [5, 5.41) is 0. The van der Waals surface area contributed by atoms with Gasteiger partial charge in [0.1, 0.15) is 11.6 Å². The van der Waals surface area contributed by atoms with E-state index in [9.17, 15) is 8.78 Å². The monoisotopic (exact) mass is 326 g/mol. The van der Waals surface area contributed by atoms with Crippen LogP contribution in [0.3, 0.4) is 0 Å². The molecule has 0 radical (unpaired) electrons. The van der Waals surface area contributed by atoms with Crippen LogP contribution in [-0.4, -0.2) is 0 Å². The van der Waals surface area contributed by atoms with Gasteiger partial charge in [-0.1, -0.05) is 24.3 Å². The zero-order valence-electron chi connectivity index (χ0n) is 10.3. The van der Waals surface area contributed by atoms with Gasteiger partial charge in [0, 0.05) is 0 Å². The molecule has 2 aromatic carbocycles. The SMILES string of the molecule is Cc1ccc(C(NN)c2cccc(F)c2Br)cc1F. The Kier molecular flexibility index (Phi) is 4.29. The van der Waals surface area contributed by atoms with Gasteiger partial charge in [-0.25, -0.2) is 14.2 Å². The van der Waals surface area contributed by atoms with Gasteiger partial charge in [0.2, 0.25) is 0 Å². The fourth-order valence-electron chi connectivity index (χ4n) is 1.90. The van der Waals surface area contributed by atoms with E-state index in [4.69, 9.17) is 5.84 Å². The van der Waals surface area contributed by atoms with Crippen molar-refractivity contribution >= 4 is 15.9 Å². The molecule has 0 saturated heterocycles. The molecule has 0 aliphatic heterocycles. The average Bonchev–Trinajstić information content (AvgIpc) is 2.39. The maximum atomic E-state index is 13.6. The zero-order valence-corrected chi connectivity index (χ0v) is 11.8. The van der Waals surface area contributed by atoms with Gasteiger partial charge < -0.3 is 0 Å². The smallest absolute Gasteiger partial charge is 0.137 e. The fourth-order valence-corrected chi connectivity index (χ4v) is 2.39. The molecular weight excluding hydrogens is 314 g/mol. The summed E-state index contributed by atoms with van der Waals surface area (Å²) in [6.45, 7) is 1.68. The number of hydrogen-bond acceptors (Lipinski definition) is 2. The predicted molar refractivity (Wildman–Crippen MR) is 74.4 cm³/mol. The highest BCUT2D eigenvalue weighted by Gasteiger charge is 2.18. The van der Waals surface area contributed by atoms with Crippen molar-refractivity contribution in [2.24, 2.45) is 5.84 Å². The van der Waals surface area contributed by atoms with Crippen LogP contribution in [-0.2, 0) is 0 Å². The predicted octanol–water partition coefficient (Wildman–Crippen LogP) is 3.59. The summed E-state index contributed by atoms with van der Waals surface area (Å²) >= 11 is 3.19. The van der Waals surface area contributed by atoms with Gasteiger partial charge in [0.05, 0.1) is 10.5 Å². The van der Waals surface area contributed by atoms with Gasteiger partial charge in [-0.3, -0.25) is 5.84 Å². The first-order chi connectivity index (χ1) is 9.04. The molecule has 0 amide bonds. The summed E-state index contributed by atoms with van der Waals surface area (Å²) in [6, 6.07) is 9.01. The first kappa shape index (κ1) is 14.1. The summed E-state index contributed by atoms with van der Waals surface area (Å²) in [5.41, 5.74) is 4.39. The Balaban J connectivity index is 2.50. The van der Waals surface area contributed by atoms with Crippen LogP contribution in [0.25, 0.3) is 0 Å². The van der Waals surface area contributed by atoms with E-state index in [0.29, 0.717) is 21.2 Å². The molecule has 2 rings (SSSR count). The number of hydrogen-bond donors (Lipinski definition) is 2. The third-order valence-corrected chi connectivity index (χ3v) is 3.82. The molecule has 0 saturated carbocycles. The van der Waals surface area contributed by atoms with E-state index in [-0.39, 0.29) is 11.6 Å². The van der Waals surface area contributed by atoms with Crippen LogP contribution in [0.4, 0.5) is 8.78 Å². The topological polar surface area (TPSA) is 38.0 Å². The Morgan fingerprint density at radius 3 is 2.53 bits per heavy atom. The van der Waals surface area contributed by atoms with Crippen LogP contribution in [0, 0.1) is 18.6 Å². The lowest BCUT2D eigenvalue weighted by atomic mass is 9.98. The maximum absolute atomic E-state index is 13.6. The molecule has 0 bridgehead atoms. The Morgan fingerprint density at radius 1 is 1.16 bits per heavy atom. The third-order valence-electron chi connectivity index (χ3n) is 2.99. The average molecular weight is 327 g/mol. The molecular formula is C14H13BrF2N2. The van der Waals surface area contributed by atoms with Gasteiger partial charge in [0.15, 0.2) is 0 Å². The molecule has 3 N–H and O–H groups in total. The number of hydrazine groups is 1. The molecule has 0 fully saturated rings. The third kappa shape index (κ3) is 2.83. The van der Waals surface area contributed by atoms with Crippen LogP contribution in [0.5, 0.6) is 0 Å². The molecule has 0 aliphatic carbocycles. The van der Waals surface area contributed by atoms with Crippen LogP contribution < -0.4 is 11.3 Å². The van der Waals surface area contributed by atoms with Crippen molar-refractivity contribution in [2.75, 3.05) is 0 Å². The van der Waals surface area contributed by atoms with Crippen LogP contribution >= 0.6 is 15.9 Å². The Labute approximate surface area is 118 Å². The fraction of sp³-hybridized carbons (Fsp3) is 0.143. The van der Waals surface area contributed by atoms with Gasteiger partial charge in [-0.05, 0) is 51.7 Å². The van der Waals surface area contributed by atoms with Crippen molar-refractivity contribution in [1.82, 2.24) is 5.43 Å². The molecule has 0 aliphatic rings. The normalized spacial score (nSPS) is 12.5. The summed E-state index contributed by atoms with van der Waals surface area (Å²) in [4.78, 5) is 0. The van der Waals surface area contributed by atoms with E-state index < -0.39 is 6.04 Å². The first-order valence-electron chi connectivity index (χ1n) is 5.70. The number of nitrogens with two attached hydrogens (primary N) is 1. The lowest BCUT2D eigenvalue weighted by molar-refractivity contribution is 0.586. The standard InChI is InChI=1S/C14H13BrF2N2/c1-8-5-6-9(7-12(8)17)14(19-18)10-3-2-4-11(16)13(10)15/h2-7,14,19H,18H2,1H3. The molecule has 0 heterocycles. The summed E-state index contributed by atoms with van der Waals surface area (Å²) in [5.74, 6) is 4.83. The number of aryl methyl sites for hydroxylation is 1. The molecule has 5 heteroatoms. The molecule has 0 spiro atoms. The van der Waals surface area contributed by atoms with Crippen molar-refractivity contribution < 1.29 is 8.78 Å². The minimum atomic E-state index is -0.486. The van der Waals surface area contributed by atoms with Crippen molar-refractivity contribution in [3.05, 3.63) is 69.2 Å². The van der Waals surface area contributed by atoms with Gasteiger partial charge >= 0.3 is 0 Å². The van der Waals surface area contributed by atoms with E-state index in [1.807, 2.05) is 0 Å². The molecule has 1 unspecified atom stereocenters. The van der Waals surface area contributed by atoms with Crippen LogP contribution in [0.15, 0.2) is 40.9 Å². The highest BCUT2D eigenvalue weighted by Crippen LogP contribution is 2.30. The van der Waals surface area contributed by atoms with Crippen molar-refractivity contribution in [2.45, 2.75) is 13.0 Å². The molecule has 2 aromatic rings. The second-order valence-electron chi connectivity index (χ2n) is 4.25. The number of halogens is 3. The molecule has 1 atom stereocenters. The van der Waals surface area contributed by atoms with E-state index in [1.165, 1.54) is 12.1 Å². The lowest BCUT2D eigenvalue weighted by Gasteiger charge is -2.19. The quantitative estimate of drug-likeness (QED) is 0.668. The van der Waals surface area contributed by atoms with Crippen molar-refractivity contribution in [3.8, 4) is 0 Å². The van der Waals surface area contributed by atoms with Crippen LogP contribution in [0.1, 0.15) is 22.7 Å². The minimum Gasteiger partial charge on any atom is -0.271 e.